The third-order valence-corrected chi connectivity index (χ3v) is 4.32. The molecular weight excluding hydrogens is 272 g/mol. The first kappa shape index (κ1) is 16.3. The highest BCUT2D eigenvalue weighted by molar-refractivity contribution is 5.21. The predicted octanol–water partition coefficient (Wildman–Crippen LogP) is 2.38. The number of piperazine rings is 1. The summed E-state index contributed by atoms with van der Waals surface area (Å²) in [6.07, 6.45) is 0.710. The summed E-state index contributed by atoms with van der Waals surface area (Å²) in [5.74, 6) is -1.13. The summed E-state index contributed by atoms with van der Waals surface area (Å²) in [7, 11) is 0. The van der Waals surface area contributed by atoms with E-state index < -0.39 is 11.6 Å². The number of hydrogen-bond donors (Lipinski definition) is 1. The second-order valence-corrected chi connectivity index (χ2v) is 5.88. The molecule has 0 aliphatic carbocycles. The summed E-state index contributed by atoms with van der Waals surface area (Å²) in [6.45, 7) is 9.48. The molecule has 1 aromatic rings. The smallest absolute Gasteiger partial charge is 0.126 e. The average molecular weight is 297 g/mol. The normalized spacial score (nSPS) is 22.4. The molecule has 2 N–H and O–H groups in total. The molecule has 0 aromatic heterocycles. The number of benzene rings is 1. The molecule has 0 bridgehead atoms. The van der Waals surface area contributed by atoms with Crippen LogP contribution in [0.3, 0.4) is 0 Å². The number of halogens is 2. The third-order valence-electron chi connectivity index (χ3n) is 4.32. The third kappa shape index (κ3) is 4.46. The molecule has 1 aliphatic heterocycles. The lowest BCUT2D eigenvalue weighted by atomic mass is 10.0. The van der Waals surface area contributed by atoms with Crippen molar-refractivity contribution in [3.63, 3.8) is 0 Å². The van der Waals surface area contributed by atoms with Gasteiger partial charge < -0.3 is 10.6 Å². The topological polar surface area (TPSA) is 32.5 Å². The van der Waals surface area contributed by atoms with Crippen molar-refractivity contribution in [2.75, 3.05) is 32.7 Å². The van der Waals surface area contributed by atoms with Crippen molar-refractivity contribution in [2.24, 2.45) is 5.73 Å². The van der Waals surface area contributed by atoms with Crippen LogP contribution < -0.4 is 5.73 Å². The summed E-state index contributed by atoms with van der Waals surface area (Å²) in [6, 6.07) is 3.75. The van der Waals surface area contributed by atoms with Crippen molar-refractivity contribution in [1.82, 2.24) is 9.80 Å². The minimum atomic E-state index is -0.564. The molecule has 21 heavy (non-hydrogen) atoms. The minimum Gasteiger partial charge on any atom is -0.324 e. The molecule has 0 saturated carbocycles. The Kier molecular flexibility index (Phi) is 5.67. The number of rotatable bonds is 5. The molecule has 0 spiro atoms. The monoisotopic (exact) mass is 297 g/mol. The number of nitrogens with two attached hydrogens (primary N) is 1. The van der Waals surface area contributed by atoms with Crippen LogP contribution in [0.2, 0.25) is 0 Å². The van der Waals surface area contributed by atoms with Crippen molar-refractivity contribution in [2.45, 2.75) is 32.4 Å². The Labute approximate surface area is 125 Å². The van der Waals surface area contributed by atoms with Gasteiger partial charge in [0.25, 0.3) is 0 Å². The van der Waals surface area contributed by atoms with E-state index in [1.165, 1.54) is 12.1 Å². The Morgan fingerprint density at radius 2 is 1.90 bits per heavy atom. The van der Waals surface area contributed by atoms with Gasteiger partial charge in [-0.15, -0.1) is 0 Å². The Morgan fingerprint density at radius 1 is 1.24 bits per heavy atom. The average Bonchev–Trinajstić information content (AvgIpc) is 2.43. The summed E-state index contributed by atoms with van der Waals surface area (Å²) >= 11 is 0. The molecule has 2 rings (SSSR count). The van der Waals surface area contributed by atoms with Gasteiger partial charge in [0.15, 0.2) is 0 Å². The molecule has 118 valence electrons. The Hall–Kier alpha value is -1.04. The van der Waals surface area contributed by atoms with E-state index in [1.807, 2.05) is 0 Å². The van der Waals surface area contributed by atoms with Gasteiger partial charge in [-0.3, -0.25) is 4.90 Å². The highest BCUT2D eigenvalue weighted by atomic mass is 19.1. The standard InChI is InChI=1S/C16H25F2N3/c1-3-21-7-6-20(11-12(21)2)5-4-16(19)13-8-14(17)10-15(18)9-13/h8-10,12,16H,3-7,11,19H2,1-2H3. The Bertz CT molecular complexity index is 447. The SMILES string of the molecule is CCN1CCN(CCC(N)c2cc(F)cc(F)c2)CC1C. The maximum absolute atomic E-state index is 13.2. The van der Waals surface area contributed by atoms with Crippen LogP contribution in [0.5, 0.6) is 0 Å². The van der Waals surface area contributed by atoms with Gasteiger partial charge >= 0.3 is 0 Å². The van der Waals surface area contributed by atoms with Crippen LogP contribution >= 0.6 is 0 Å². The van der Waals surface area contributed by atoms with E-state index >= 15 is 0 Å². The largest absolute Gasteiger partial charge is 0.324 e. The zero-order valence-electron chi connectivity index (χ0n) is 12.9. The van der Waals surface area contributed by atoms with Gasteiger partial charge in [-0.05, 0) is 37.6 Å². The highest BCUT2D eigenvalue weighted by Crippen LogP contribution is 2.18. The second-order valence-electron chi connectivity index (χ2n) is 5.88. The van der Waals surface area contributed by atoms with E-state index in [9.17, 15) is 8.78 Å². The molecule has 1 aromatic carbocycles. The van der Waals surface area contributed by atoms with Gasteiger partial charge in [0.2, 0.25) is 0 Å². The fraction of sp³-hybridized carbons (Fsp3) is 0.625. The molecule has 0 amide bonds. The van der Waals surface area contributed by atoms with Gasteiger partial charge in [0, 0.05) is 44.3 Å². The van der Waals surface area contributed by atoms with Gasteiger partial charge in [-0.2, -0.15) is 0 Å². The zero-order chi connectivity index (χ0) is 15.4. The Morgan fingerprint density at radius 3 is 2.48 bits per heavy atom. The van der Waals surface area contributed by atoms with E-state index in [2.05, 4.69) is 23.6 Å². The maximum Gasteiger partial charge on any atom is 0.126 e. The minimum absolute atomic E-state index is 0.324. The van der Waals surface area contributed by atoms with E-state index in [4.69, 9.17) is 5.73 Å². The van der Waals surface area contributed by atoms with Gasteiger partial charge in [-0.25, -0.2) is 8.78 Å². The number of nitrogens with zero attached hydrogens (tertiary/aromatic N) is 2. The predicted molar refractivity (Wildman–Crippen MR) is 81.1 cm³/mol. The highest BCUT2D eigenvalue weighted by Gasteiger charge is 2.22. The zero-order valence-corrected chi connectivity index (χ0v) is 12.9. The number of likely N-dealkylation sites (N-methyl/N-ethyl adjacent to an activating group) is 1. The van der Waals surface area contributed by atoms with Crippen LogP contribution in [0.15, 0.2) is 18.2 Å². The summed E-state index contributed by atoms with van der Waals surface area (Å²) in [4.78, 5) is 4.84. The van der Waals surface area contributed by atoms with Gasteiger partial charge in [0.05, 0.1) is 0 Å². The van der Waals surface area contributed by atoms with Crippen LogP contribution in [-0.2, 0) is 0 Å². The van der Waals surface area contributed by atoms with E-state index in [1.54, 1.807) is 0 Å². The van der Waals surface area contributed by atoms with Crippen LogP contribution in [0.25, 0.3) is 0 Å². The van der Waals surface area contributed by atoms with Gasteiger partial charge in [0.1, 0.15) is 11.6 Å². The van der Waals surface area contributed by atoms with Crippen LogP contribution in [-0.4, -0.2) is 48.6 Å². The van der Waals surface area contributed by atoms with E-state index in [-0.39, 0.29) is 6.04 Å². The Balaban J connectivity index is 1.85. The summed E-state index contributed by atoms with van der Waals surface area (Å²) in [5.41, 5.74) is 6.60. The molecular formula is C16H25F2N3. The maximum atomic E-state index is 13.2. The molecule has 0 radical (unpaired) electrons. The fourth-order valence-corrected chi connectivity index (χ4v) is 3.02. The molecule has 3 nitrogen and oxygen atoms in total. The van der Waals surface area contributed by atoms with Crippen molar-refractivity contribution in [3.8, 4) is 0 Å². The summed E-state index contributed by atoms with van der Waals surface area (Å²) in [5, 5.41) is 0. The molecule has 2 unspecified atom stereocenters. The lowest BCUT2D eigenvalue weighted by molar-refractivity contribution is 0.0861. The lowest BCUT2D eigenvalue weighted by Gasteiger charge is -2.39. The molecule has 1 heterocycles. The summed E-state index contributed by atoms with van der Waals surface area (Å²) < 4.78 is 26.4. The molecule has 5 heteroatoms. The van der Waals surface area contributed by atoms with Gasteiger partial charge in [-0.1, -0.05) is 6.92 Å². The van der Waals surface area contributed by atoms with E-state index in [0.717, 1.165) is 38.8 Å². The number of hydrogen-bond acceptors (Lipinski definition) is 3. The van der Waals surface area contributed by atoms with Crippen molar-refractivity contribution < 1.29 is 8.78 Å². The molecule has 2 atom stereocenters. The lowest BCUT2D eigenvalue weighted by Crippen LogP contribution is -2.51. The first-order valence-corrected chi connectivity index (χ1v) is 7.67. The van der Waals surface area contributed by atoms with Crippen LogP contribution in [0, 0.1) is 11.6 Å². The van der Waals surface area contributed by atoms with Crippen molar-refractivity contribution in [3.05, 3.63) is 35.4 Å². The van der Waals surface area contributed by atoms with Crippen molar-refractivity contribution in [1.29, 1.82) is 0 Å². The molecule has 1 aliphatic rings. The van der Waals surface area contributed by atoms with E-state index in [0.29, 0.717) is 18.0 Å². The van der Waals surface area contributed by atoms with Crippen LogP contribution in [0.1, 0.15) is 31.9 Å². The van der Waals surface area contributed by atoms with Crippen LogP contribution in [0.4, 0.5) is 8.78 Å². The second kappa shape index (κ2) is 7.29. The first-order chi connectivity index (χ1) is 9.99. The molecule has 1 fully saturated rings. The fourth-order valence-electron chi connectivity index (χ4n) is 3.02. The first-order valence-electron chi connectivity index (χ1n) is 7.67. The quantitative estimate of drug-likeness (QED) is 0.906. The van der Waals surface area contributed by atoms with Crippen molar-refractivity contribution >= 4 is 0 Å². The molecule has 1 saturated heterocycles.